The zero-order chi connectivity index (χ0) is 17.3. The third kappa shape index (κ3) is 11.6. The Bertz CT molecular complexity index is 458. The summed E-state index contributed by atoms with van der Waals surface area (Å²) in [6, 6.07) is 0. The van der Waals surface area contributed by atoms with Crippen LogP contribution in [0.2, 0.25) is 0 Å². The van der Waals surface area contributed by atoms with Crippen molar-refractivity contribution in [2.75, 3.05) is 0 Å². The Balaban J connectivity index is 1.94. The van der Waals surface area contributed by atoms with Crippen LogP contribution in [0.5, 0.6) is 0 Å². The monoisotopic (exact) mass is 335 g/mol. The van der Waals surface area contributed by atoms with E-state index in [2.05, 4.69) is 32.8 Å². The minimum Gasteiger partial charge on any atom is -0.406 e. The van der Waals surface area contributed by atoms with Gasteiger partial charge < -0.3 is 4.74 Å². The highest BCUT2D eigenvalue weighted by Crippen LogP contribution is 2.12. The van der Waals surface area contributed by atoms with E-state index in [-0.39, 0.29) is 11.9 Å². The number of carbonyl (C=O) groups excluding carboxylic acids is 1. The van der Waals surface area contributed by atoms with Gasteiger partial charge in [0, 0.05) is 12.5 Å². The summed E-state index contributed by atoms with van der Waals surface area (Å²) in [6.45, 7) is 2.24. The van der Waals surface area contributed by atoms with Crippen molar-refractivity contribution in [3.63, 3.8) is 0 Å². The van der Waals surface area contributed by atoms with Crippen molar-refractivity contribution in [2.24, 2.45) is 25.9 Å². The molecule has 0 aromatic rings. The molecule has 0 unspecified atom stereocenters. The molecule has 0 fully saturated rings. The molecule has 0 amide bonds. The SMILES string of the molecule is CCCCCCCCCCCCCC(=O)OC1=N/N=N\N=N/C=C\1. The Hall–Kier alpha value is -1.92. The number of hydrogen-bond acceptors (Lipinski definition) is 7. The van der Waals surface area contributed by atoms with Gasteiger partial charge in [0.2, 0.25) is 5.90 Å². The molecular formula is C17H29N5O2. The zero-order valence-corrected chi connectivity index (χ0v) is 14.7. The molecule has 24 heavy (non-hydrogen) atoms. The molecule has 1 aliphatic rings. The average molecular weight is 335 g/mol. The van der Waals surface area contributed by atoms with Gasteiger partial charge in [-0.15, -0.1) is 5.11 Å². The molecule has 0 aliphatic carbocycles. The van der Waals surface area contributed by atoms with Crippen molar-refractivity contribution in [2.45, 2.75) is 84.0 Å². The number of carbonyl (C=O) groups is 1. The van der Waals surface area contributed by atoms with Gasteiger partial charge >= 0.3 is 5.97 Å². The summed E-state index contributed by atoms with van der Waals surface area (Å²) in [4.78, 5) is 11.7. The number of hydrogen-bond donors (Lipinski definition) is 0. The Kier molecular flexibility index (Phi) is 12.3. The molecule has 0 atom stereocenters. The first-order chi connectivity index (χ1) is 11.8. The first-order valence-electron chi connectivity index (χ1n) is 9.08. The summed E-state index contributed by atoms with van der Waals surface area (Å²) < 4.78 is 5.09. The van der Waals surface area contributed by atoms with Gasteiger partial charge in [-0.2, -0.15) is 0 Å². The minimum atomic E-state index is -0.304. The molecule has 0 saturated carbocycles. The van der Waals surface area contributed by atoms with E-state index >= 15 is 0 Å². The molecule has 1 heterocycles. The maximum absolute atomic E-state index is 11.7. The van der Waals surface area contributed by atoms with Crippen LogP contribution in [0.4, 0.5) is 0 Å². The van der Waals surface area contributed by atoms with Crippen molar-refractivity contribution in [1.29, 1.82) is 0 Å². The predicted molar refractivity (Wildman–Crippen MR) is 93.5 cm³/mol. The van der Waals surface area contributed by atoms with Crippen molar-refractivity contribution >= 4 is 11.9 Å². The van der Waals surface area contributed by atoms with Gasteiger partial charge in [0.25, 0.3) is 0 Å². The molecule has 0 spiro atoms. The van der Waals surface area contributed by atoms with Gasteiger partial charge in [0.05, 0.1) is 6.20 Å². The van der Waals surface area contributed by atoms with Crippen LogP contribution in [-0.4, -0.2) is 11.9 Å². The van der Waals surface area contributed by atoms with E-state index in [1.54, 1.807) is 0 Å². The van der Waals surface area contributed by atoms with Crippen LogP contribution < -0.4 is 0 Å². The lowest BCUT2D eigenvalue weighted by molar-refractivity contribution is -0.135. The van der Waals surface area contributed by atoms with Gasteiger partial charge in [-0.25, -0.2) is 0 Å². The zero-order valence-electron chi connectivity index (χ0n) is 14.7. The second-order valence-corrected chi connectivity index (χ2v) is 5.90. The Morgan fingerprint density at radius 3 is 2.17 bits per heavy atom. The number of rotatable bonds is 12. The van der Waals surface area contributed by atoms with Gasteiger partial charge in [-0.3, -0.25) is 4.79 Å². The molecule has 0 bridgehead atoms. The maximum atomic E-state index is 11.7. The Morgan fingerprint density at radius 1 is 0.875 bits per heavy atom. The summed E-state index contributed by atoms with van der Waals surface area (Å²) in [5.41, 5.74) is 0. The smallest absolute Gasteiger partial charge is 0.312 e. The number of esters is 1. The predicted octanol–water partition coefficient (Wildman–Crippen LogP) is 5.89. The third-order valence-corrected chi connectivity index (χ3v) is 3.76. The summed E-state index contributed by atoms with van der Waals surface area (Å²) >= 11 is 0. The molecule has 0 aromatic heterocycles. The highest BCUT2D eigenvalue weighted by Gasteiger charge is 2.07. The fourth-order valence-corrected chi connectivity index (χ4v) is 2.42. The van der Waals surface area contributed by atoms with Crippen molar-refractivity contribution < 1.29 is 9.53 Å². The first-order valence-corrected chi connectivity index (χ1v) is 9.08. The second-order valence-electron chi connectivity index (χ2n) is 5.90. The molecule has 0 aromatic carbocycles. The molecule has 134 valence electrons. The van der Waals surface area contributed by atoms with Crippen molar-refractivity contribution in [3.05, 3.63) is 12.3 Å². The minimum absolute atomic E-state index is 0.0884. The normalized spacial score (nSPS) is 19.6. The molecule has 0 radical (unpaired) electrons. The fourth-order valence-electron chi connectivity index (χ4n) is 2.42. The topological polar surface area (TPSA) is 88.1 Å². The van der Waals surface area contributed by atoms with E-state index in [1.807, 2.05) is 0 Å². The van der Waals surface area contributed by atoms with E-state index in [1.165, 1.54) is 70.1 Å². The van der Waals surface area contributed by atoms with Crippen molar-refractivity contribution in [3.8, 4) is 0 Å². The Labute approximate surface area is 144 Å². The lowest BCUT2D eigenvalue weighted by Gasteiger charge is -2.04. The first kappa shape index (κ1) is 20.1. The van der Waals surface area contributed by atoms with Crippen LogP contribution >= 0.6 is 0 Å². The van der Waals surface area contributed by atoms with Crippen molar-refractivity contribution in [1.82, 2.24) is 0 Å². The molecule has 1 rings (SSSR count). The molecule has 7 heteroatoms. The number of nitrogens with zero attached hydrogens (tertiary/aromatic N) is 5. The van der Waals surface area contributed by atoms with Gasteiger partial charge in [-0.1, -0.05) is 76.2 Å². The van der Waals surface area contributed by atoms with E-state index in [0.29, 0.717) is 6.42 Å². The van der Waals surface area contributed by atoms with Crippen LogP contribution in [0.15, 0.2) is 38.2 Å². The van der Waals surface area contributed by atoms with Crippen LogP contribution in [0.3, 0.4) is 0 Å². The molecular weight excluding hydrogens is 306 g/mol. The van der Waals surface area contributed by atoms with Gasteiger partial charge in [0.1, 0.15) is 0 Å². The van der Waals surface area contributed by atoms with Gasteiger partial charge in [0.15, 0.2) is 0 Å². The second kappa shape index (κ2) is 14.7. The van der Waals surface area contributed by atoms with Crippen LogP contribution in [-0.2, 0) is 9.53 Å². The molecule has 7 nitrogen and oxygen atoms in total. The lowest BCUT2D eigenvalue weighted by atomic mass is 10.1. The quantitative estimate of drug-likeness (QED) is 0.329. The van der Waals surface area contributed by atoms with Crippen LogP contribution in [0, 0.1) is 0 Å². The highest BCUT2D eigenvalue weighted by atomic mass is 16.5. The molecule has 1 aliphatic heterocycles. The average Bonchev–Trinajstić information content (AvgIpc) is 2.55. The summed E-state index contributed by atoms with van der Waals surface area (Å²) in [5.74, 6) is -0.215. The summed E-state index contributed by atoms with van der Waals surface area (Å²) in [6.07, 6.45) is 16.9. The number of unbranched alkanes of at least 4 members (excludes halogenated alkanes) is 10. The largest absolute Gasteiger partial charge is 0.406 e. The van der Waals surface area contributed by atoms with E-state index < -0.39 is 0 Å². The van der Waals surface area contributed by atoms with E-state index in [9.17, 15) is 4.79 Å². The Morgan fingerprint density at radius 2 is 1.50 bits per heavy atom. The van der Waals surface area contributed by atoms with E-state index in [0.717, 1.165) is 12.8 Å². The van der Waals surface area contributed by atoms with Gasteiger partial charge in [-0.05, 0) is 22.1 Å². The molecule has 0 saturated heterocycles. The van der Waals surface area contributed by atoms with Crippen LogP contribution in [0.25, 0.3) is 0 Å². The number of ether oxygens (including phenoxy) is 1. The van der Waals surface area contributed by atoms with E-state index in [4.69, 9.17) is 4.74 Å². The standard InChI is InChI=1S/C17H29N5O2/c1-2-3-4-5-6-7-8-9-10-11-12-13-17(23)24-16-14-15-18-20-22-21-19-16/h14-15H,2-13H2,1H3/b15-14-,16-14?,18-15?,19-16+,20-18-,21-19?,22-20?,22-21-. The maximum Gasteiger partial charge on any atom is 0.312 e. The lowest BCUT2D eigenvalue weighted by Crippen LogP contribution is -2.10. The summed E-state index contributed by atoms with van der Waals surface area (Å²) in [5, 5.41) is 17.1. The van der Waals surface area contributed by atoms with Crippen LogP contribution in [0.1, 0.15) is 84.0 Å². The molecule has 0 N–H and O–H groups in total. The highest BCUT2D eigenvalue weighted by molar-refractivity contribution is 5.95. The summed E-state index contributed by atoms with van der Waals surface area (Å²) in [7, 11) is 0. The fraction of sp³-hybridized carbons (Fsp3) is 0.765. The third-order valence-electron chi connectivity index (χ3n) is 3.76.